The lowest BCUT2D eigenvalue weighted by atomic mass is 9.87. The molecule has 0 atom stereocenters. The van der Waals surface area contributed by atoms with E-state index in [0.29, 0.717) is 11.1 Å². The van der Waals surface area contributed by atoms with Crippen LogP contribution in [0, 0.1) is 5.92 Å². The van der Waals surface area contributed by atoms with Crippen molar-refractivity contribution in [3.63, 3.8) is 0 Å². The number of hydrogen-bond donors (Lipinski definition) is 2. The summed E-state index contributed by atoms with van der Waals surface area (Å²) in [5.41, 5.74) is 0.744. The Bertz CT molecular complexity index is 631. The van der Waals surface area contributed by atoms with Crippen LogP contribution in [0.15, 0.2) is 73.3 Å². The molecule has 134 valence electrons. The fourth-order valence-corrected chi connectivity index (χ4v) is 2.03. The van der Waals surface area contributed by atoms with Gasteiger partial charge in [-0.25, -0.2) is 0 Å². The van der Waals surface area contributed by atoms with Gasteiger partial charge in [-0.15, -0.1) is 6.58 Å². The fraction of sp³-hybridized carbons (Fsp3) is 0.150. The van der Waals surface area contributed by atoms with Crippen LogP contribution in [-0.2, 0) is 4.79 Å². The molecule has 5 nitrogen and oxygen atoms in total. The van der Waals surface area contributed by atoms with Gasteiger partial charge in [0.25, 0.3) is 0 Å². The summed E-state index contributed by atoms with van der Waals surface area (Å²) in [4.78, 5) is 36.5. The molecule has 0 amide bonds. The zero-order valence-electron chi connectivity index (χ0n) is 14.8. The molecular weight excluding hydrogens is 316 g/mol. The van der Waals surface area contributed by atoms with E-state index >= 15 is 0 Å². The predicted octanol–water partition coefficient (Wildman–Crippen LogP) is 4.47. The Morgan fingerprint density at radius 2 is 1.08 bits per heavy atom. The number of carbonyl (C=O) groups is 3. The van der Waals surface area contributed by atoms with Crippen LogP contribution >= 0.6 is 0 Å². The number of allylic oxidation sites excluding steroid dienone is 1. The number of rotatable bonds is 5. The van der Waals surface area contributed by atoms with Crippen molar-refractivity contribution >= 4 is 17.3 Å². The molecule has 0 aromatic heterocycles. The van der Waals surface area contributed by atoms with Crippen LogP contribution in [0.4, 0.5) is 0 Å². The van der Waals surface area contributed by atoms with Gasteiger partial charge in [-0.05, 0) is 13.8 Å². The second kappa shape index (κ2) is 12.5. The van der Waals surface area contributed by atoms with Gasteiger partial charge in [0.1, 0.15) is 11.7 Å². The van der Waals surface area contributed by atoms with E-state index in [2.05, 4.69) is 6.58 Å². The highest BCUT2D eigenvalue weighted by Gasteiger charge is 2.32. The van der Waals surface area contributed by atoms with Gasteiger partial charge in [0.15, 0.2) is 11.6 Å². The summed E-state index contributed by atoms with van der Waals surface area (Å²) >= 11 is 0. The summed E-state index contributed by atoms with van der Waals surface area (Å²) < 4.78 is 0. The maximum absolute atomic E-state index is 12.4. The summed E-state index contributed by atoms with van der Waals surface area (Å²) in [7, 11) is 0. The summed E-state index contributed by atoms with van der Waals surface area (Å²) in [5, 5.41) is 0. The van der Waals surface area contributed by atoms with Gasteiger partial charge in [0.05, 0.1) is 0 Å². The maximum atomic E-state index is 12.4. The minimum atomic E-state index is -1.26. The van der Waals surface area contributed by atoms with Crippen LogP contribution in [0.2, 0.25) is 0 Å². The highest BCUT2D eigenvalue weighted by atomic mass is 16.2. The largest absolute Gasteiger partial charge is 0.344 e. The minimum absolute atomic E-state index is 0. The van der Waals surface area contributed by atoms with Crippen molar-refractivity contribution in [1.29, 1.82) is 0 Å². The van der Waals surface area contributed by atoms with Gasteiger partial charge in [0.2, 0.25) is 0 Å². The summed E-state index contributed by atoms with van der Waals surface area (Å²) in [6, 6.07) is 16.8. The number of carbonyl (C=O) groups excluding carboxylic acids is 3. The molecule has 5 heteroatoms. The summed E-state index contributed by atoms with van der Waals surface area (Å²) in [6.07, 6.45) is 1.75. The lowest BCUT2D eigenvalue weighted by molar-refractivity contribution is -0.118. The van der Waals surface area contributed by atoms with E-state index in [1.54, 1.807) is 66.7 Å². The van der Waals surface area contributed by atoms with Crippen molar-refractivity contribution in [3.05, 3.63) is 84.4 Å². The zero-order chi connectivity index (χ0) is 17.2. The normalized spacial score (nSPS) is 8.76. The fourth-order valence-electron chi connectivity index (χ4n) is 2.03. The van der Waals surface area contributed by atoms with E-state index in [9.17, 15) is 14.4 Å². The first kappa shape index (κ1) is 24.4. The molecule has 0 fully saturated rings. The van der Waals surface area contributed by atoms with E-state index in [4.69, 9.17) is 0 Å². The maximum Gasteiger partial charge on any atom is 0.181 e. The number of benzene rings is 2. The topological polar surface area (TPSA) is 121 Å². The van der Waals surface area contributed by atoms with Crippen molar-refractivity contribution in [1.82, 2.24) is 12.3 Å². The Morgan fingerprint density at radius 1 is 0.800 bits per heavy atom. The van der Waals surface area contributed by atoms with E-state index in [0.717, 1.165) is 0 Å². The summed E-state index contributed by atoms with van der Waals surface area (Å²) in [6.45, 7) is 6.52. The standard InChI is InChI=1S/C17H14O3.C3H6.2H3N/c1-12(18)15(16(19)13-8-4-2-5-9-13)17(20)14-10-6-3-7-11-14;1-3-2;;/h2-11,15H,1H3;3H,1H2,2H3;2*1H3. The Labute approximate surface area is 148 Å². The van der Waals surface area contributed by atoms with E-state index in [1.807, 2.05) is 6.92 Å². The van der Waals surface area contributed by atoms with Crippen molar-refractivity contribution in [2.24, 2.45) is 5.92 Å². The Hall–Kier alpha value is -2.89. The second-order valence-electron chi connectivity index (χ2n) is 4.91. The lowest BCUT2D eigenvalue weighted by Crippen LogP contribution is -2.30. The number of hydrogen-bond acceptors (Lipinski definition) is 5. The monoisotopic (exact) mass is 342 g/mol. The molecule has 0 radical (unpaired) electrons. The quantitative estimate of drug-likeness (QED) is 0.471. The molecule has 0 aliphatic rings. The lowest BCUT2D eigenvalue weighted by Gasteiger charge is -2.11. The van der Waals surface area contributed by atoms with Gasteiger partial charge in [-0.3, -0.25) is 14.4 Å². The van der Waals surface area contributed by atoms with Crippen LogP contribution in [-0.4, -0.2) is 17.3 Å². The molecule has 0 saturated carbocycles. The van der Waals surface area contributed by atoms with E-state index in [-0.39, 0.29) is 12.3 Å². The first-order valence-electron chi connectivity index (χ1n) is 7.29. The first-order chi connectivity index (χ1) is 11.0. The third-order valence-electron chi connectivity index (χ3n) is 3.05. The molecule has 0 bridgehead atoms. The van der Waals surface area contributed by atoms with E-state index < -0.39 is 23.3 Å². The average Bonchev–Trinajstić information content (AvgIpc) is 2.57. The van der Waals surface area contributed by atoms with Gasteiger partial charge < -0.3 is 12.3 Å². The van der Waals surface area contributed by atoms with Gasteiger partial charge in [-0.2, -0.15) is 0 Å². The molecule has 0 heterocycles. The molecule has 0 spiro atoms. The predicted molar refractivity (Wildman–Crippen MR) is 102 cm³/mol. The zero-order valence-corrected chi connectivity index (χ0v) is 14.8. The van der Waals surface area contributed by atoms with Gasteiger partial charge in [-0.1, -0.05) is 66.7 Å². The number of ketones is 3. The smallest absolute Gasteiger partial charge is 0.181 e. The molecule has 2 aromatic carbocycles. The second-order valence-corrected chi connectivity index (χ2v) is 4.91. The van der Waals surface area contributed by atoms with Gasteiger partial charge in [0, 0.05) is 11.1 Å². The SMILES string of the molecule is C=CC.CC(=O)C(C(=O)c1ccccc1)C(=O)c1ccccc1.N.N. The molecule has 0 saturated heterocycles. The Morgan fingerprint density at radius 3 is 1.32 bits per heavy atom. The van der Waals surface area contributed by atoms with Crippen LogP contribution < -0.4 is 12.3 Å². The summed E-state index contributed by atoms with van der Waals surface area (Å²) in [5.74, 6) is -2.61. The third-order valence-corrected chi connectivity index (χ3v) is 3.05. The van der Waals surface area contributed by atoms with Crippen LogP contribution in [0.1, 0.15) is 34.6 Å². The minimum Gasteiger partial charge on any atom is -0.344 e. The third kappa shape index (κ3) is 7.03. The molecule has 0 aliphatic heterocycles. The van der Waals surface area contributed by atoms with Gasteiger partial charge >= 0.3 is 0 Å². The molecule has 25 heavy (non-hydrogen) atoms. The highest BCUT2D eigenvalue weighted by Crippen LogP contribution is 2.16. The Kier molecular flexibility index (Phi) is 12.2. The van der Waals surface area contributed by atoms with Crippen LogP contribution in [0.3, 0.4) is 0 Å². The van der Waals surface area contributed by atoms with Crippen molar-refractivity contribution in [2.75, 3.05) is 0 Å². The van der Waals surface area contributed by atoms with Crippen LogP contribution in [0.5, 0.6) is 0 Å². The molecule has 2 rings (SSSR count). The Balaban J connectivity index is 0. The molecule has 0 aliphatic carbocycles. The number of Topliss-reactive ketones (excluding diaryl/α,β-unsaturated/α-hetero) is 3. The molecular formula is C20H26N2O3. The average molecular weight is 342 g/mol. The van der Waals surface area contributed by atoms with Crippen molar-refractivity contribution < 1.29 is 14.4 Å². The molecule has 6 N–H and O–H groups in total. The van der Waals surface area contributed by atoms with Crippen LogP contribution in [0.25, 0.3) is 0 Å². The first-order valence-corrected chi connectivity index (χ1v) is 7.29. The molecule has 0 unspecified atom stereocenters. The highest BCUT2D eigenvalue weighted by molar-refractivity contribution is 6.27. The van der Waals surface area contributed by atoms with Crippen molar-refractivity contribution in [3.8, 4) is 0 Å². The molecule has 2 aromatic rings. The van der Waals surface area contributed by atoms with E-state index in [1.165, 1.54) is 6.92 Å². The van der Waals surface area contributed by atoms with Crippen molar-refractivity contribution in [2.45, 2.75) is 13.8 Å².